The van der Waals surface area contributed by atoms with Crippen molar-refractivity contribution in [2.75, 3.05) is 17.2 Å². The third-order valence-electron chi connectivity index (χ3n) is 9.16. The number of thiol groups is 2. The zero-order valence-corrected chi connectivity index (χ0v) is 41.7. The van der Waals surface area contributed by atoms with Gasteiger partial charge < -0.3 is 43.3 Å². The fraction of sp³-hybridized carbons (Fsp3) is 0.0909. The van der Waals surface area contributed by atoms with Gasteiger partial charge in [-0.2, -0.15) is 4.90 Å². The van der Waals surface area contributed by atoms with Gasteiger partial charge in [0.05, 0.1) is 33.6 Å². The zero-order chi connectivity index (χ0) is 45.7. The van der Waals surface area contributed by atoms with Crippen LogP contribution in [0.4, 0.5) is 34.1 Å². The Hall–Kier alpha value is -4.52. The molecule has 7 aromatic carbocycles. The minimum Gasteiger partial charge on any atom is -0.780 e. The summed E-state index contributed by atoms with van der Waals surface area (Å²) < 4.78 is 5.77. The summed E-state index contributed by atoms with van der Waals surface area (Å²) in [6, 6.07) is 22.6. The second-order valence-electron chi connectivity index (χ2n) is 13.5. The van der Waals surface area contributed by atoms with Crippen LogP contribution in [0.1, 0.15) is 28.4 Å². The molecule has 0 aromatic heterocycles. The van der Waals surface area contributed by atoms with E-state index in [1.165, 1.54) is 24.3 Å². The van der Waals surface area contributed by atoms with Crippen molar-refractivity contribution in [2.45, 2.75) is 35.5 Å². The molecule has 0 saturated carbocycles. The Morgan fingerprint density at radius 3 is 2.12 bits per heavy atom. The third kappa shape index (κ3) is 11.5. The first-order valence-electron chi connectivity index (χ1n) is 18.4. The Morgan fingerprint density at radius 1 is 0.766 bits per heavy atom. The maximum absolute atomic E-state index is 13.2. The number of aromatic hydroxyl groups is 3. The van der Waals surface area contributed by atoms with Gasteiger partial charge >= 0.3 is 29.6 Å². The molecule has 20 heteroatoms. The van der Waals surface area contributed by atoms with Crippen LogP contribution in [0.2, 0.25) is 20.1 Å². The van der Waals surface area contributed by atoms with Crippen molar-refractivity contribution >= 4 is 152 Å². The minimum absolute atomic E-state index is 0. The van der Waals surface area contributed by atoms with E-state index in [0.717, 1.165) is 10.6 Å². The molecule has 0 bridgehead atoms. The maximum atomic E-state index is 13.2. The van der Waals surface area contributed by atoms with Gasteiger partial charge in [0, 0.05) is 42.7 Å². The summed E-state index contributed by atoms with van der Waals surface area (Å²) in [7, 11) is 0. The molecular weight excluding hydrogens is 970 g/mol. The Bertz CT molecular complexity index is 3040. The number of rotatable bonds is 10. The van der Waals surface area contributed by atoms with Crippen LogP contribution < -0.4 is 44.9 Å². The maximum Gasteiger partial charge on any atom is 1.00 e. The van der Waals surface area contributed by atoms with Crippen LogP contribution in [-0.2, 0) is 17.4 Å². The van der Waals surface area contributed by atoms with Gasteiger partial charge in [0.25, 0.3) is 5.91 Å². The zero-order valence-electron chi connectivity index (χ0n) is 34.0. The predicted octanol–water partition coefficient (Wildman–Crippen LogP) is 11.6. The molecule has 0 aliphatic heterocycles. The second-order valence-corrected chi connectivity index (χ2v) is 16.6. The van der Waals surface area contributed by atoms with E-state index in [9.17, 15) is 24.9 Å². The fourth-order valence-electron chi connectivity index (χ4n) is 6.22. The van der Waals surface area contributed by atoms with E-state index in [2.05, 4.69) is 56.3 Å². The van der Waals surface area contributed by atoms with Crippen molar-refractivity contribution in [1.82, 2.24) is 0 Å². The number of amides is 2. The number of hydrogen-bond donors (Lipinski definition) is 7. The van der Waals surface area contributed by atoms with Crippen LogP contribution in [0.5, 0.6) is 23.0 Å². The van der Waals surface area contributed by atoms with Gasteiger partial charge in [-0.15, -0.1) is 45.7 Å². The molecule has 12 nitrogen and oxygen atoms in total. The molecule has 0 aliphatic rings. The smallest absolute Gasteiger partial charge is 0.780 e. The van der Waals surface area contributed by atoms with Crippen molar-refractivity contribution in [3.05, 3.63) is 122 Å². The van der Waals surface area contributed by atoms with E-state index in [1.807, 2.05) is 19.1 Å². The summed E-state index contributed by atoms with van der Waals surface area (Å²) in [4.78, 5) is 25.7. The molecule has 0 unspecified atom stereocenters. The summed E-state index contributed by atoms with van der Waals surface area (Å²) in [5, 5.41) is 59.2. The Balaban J connectivity index is 0.000000687. The predicted molar refractivity (Wildman–Crippen MR) is 259 cm³/mol. The van der Waals surface area contributed by atoms with E-state index in [4.69, 9.17) is 63.8 Å². The van der Waals surface area contributed by atoms with E-state index in [1.54, 1.807) is 62.4 Å². The number of nitrogens with one attached hydrogen (secondary N) is 2. The van der Waals surface area contributed by atoms with Gasteiger partial charge in [-0.05, 0) is 91.2 Å². The normalized spacial score (nSPS) is 11.1. The number of azo groups is 2. The van der Waals surface area contributed by atoms with Crippen LogP contribution in [0, 0.1) is 13.8 Å². The molecule has 0 heterocycles. The summed E-state index contributed by atoms with van der Waals surface area (Å²) >= 11 is 38.0. The van der Waals surface area contributed by atoms with Crippen LogP contribution in [0.15, 0.2) is 120 Å². The van der Waals surface area contributed by atoms with Gasteiger partial charge in [0.1, 0.15) is 34.2 Å². The quantitative estimate of drug-likeness (QED) is 0.0234. The van der Waals surface area contributed by atoms with Crippen molar-refractivity contribution in [2.24, 2.45) is 20.5 Å². The number of carbonyl (C=O) groups is 2. The molecular formula is C44H33Cl4N6NaO6S3. The average Bonchev–Trinajstić information content (AvgIpc) is 3.21. The molecule has 0 aliphatic carbocycles. The number of fused-ring (bicyclic) bond motifs is 2. The van der Waals surface area contributed by atoms with Crippen LogP contribution in [0.3, 0.4) is 0 Å². The summed E-state index contributed by atoms with van der Waals surface area (Å²) in [5.41, 5.74) is 2.32. The standard InChI is InChI=1S/C37H28Cl2N6O6S3.C7H6Cl2.Na/c1-3-51-28-14-23(27(47)13-24(28)43-45-34-29(54)10-18-9-19(52)11-25(40-15-46)30(18)36(34)49)42-44-33-16(2)7-17-8-20(53)12-26(31(17)35(33)48)41-37(50)21-5-4-6-22(38)32(21)39;1-5-2-3-6(8)4-7(5)9;/h4-15,47-49,52-54H,3H2,1-2H3,(H,40,46)(H,41,50);2-4H,1H3;/q;;+1/p-1. The number of phenolic OH excluding ortho intramolecular Hbond substituents is 3. The van der Waals surface area contributed by atoms with Crippen molar-refractivity contribution in [3.63, 3.8) is 0 Å². The molecule has 0 atom stereocenters. The van der Waals surface area contributed by atoms with Gasteiger partial charge in [0.15, 0.2) is 11.5 Å². The summed E-state index contributed by atoms with van der Waals surface area (Å²) in [6.07, 6.45) is 0.465. The van der Waals surface area contributed by atoms with Gasteiger partial charge in [-0.3, -0.25) is 9.59 Å². The monoisotopic (exact) mass is 1000 g/mol. The number of halogens is 4. The Labute approximate surface area is 425 Å². The van der Waals surface area contributed by atoms with E-state index in [0.29, 0.717) is 37.6 Å². The number of ether oxygens (including phenoxy) is 1. The summed E-state index contributed by atoms with van der Waals surface area (Å²) in [6.45, 7) is 5.61. The topological polar surface area (TPSA) is 178 Å². The van der Waals surface area contributed by atoms with Gasteiger partial charge in [-0.1, -0.05) is 70.7 Å². The largest absolute Gasteiger partial charge is 1.00 e. The number of hydrogen-bond acceptors (Lipinski definition) is 13. The van der Waals surface area contributed by atoms with E-state index in [-0.39, 0.29) is 125 Å². The first kappa shape index (κ1) is 50.5. The Morgan fingerprint density at radius 2 is 1.44 bits per heavy atom. The average molecular weight is 1000 g/mol. The summed E-state index contributed by atoms with van der Waals surface area (Å²) in [5.74, 6) is -1.36. The molecule has 0 spiro atoms. The molecule has 0 saturated heterocycles. The first-order valence-corrected chi connectivity index (χ1v) is 21.2. The number of nitrogens with zero attached hydrogens (tertiary/aromatic N) is 4. The third-order valence-corrected chi connectivity index (χ3v) is 11.5. The van der Waals surface area contributed by atoms with Crippen LogP contribution >= 0.6 is 71.7 Å². The molecule has 5 N–H and O–H groups in total. The molecule has 0 radical (unpaired) electrons. The number of phenols is 3. The number of benzene rings is 7. The number of aryl methyl sites for hydroxylation is 2. The fourth-order valence-corrected chi connectivity index (χ4v) is 7.82. The van der Waals surface area contributed by atoms with Gasteiger partial charge in [0.2, 0.25) is 6.41 Å². The van der Waals surface area contributed by atoms with E-state index >= 15 is 0 Å². The number of carbonyl (C=O) groups excluding carboxylic acids is 2. The van der Waals surface area contributed by atoms with Crippen molar-refractivity contribution in [1.29, 1.82) is 0 Å². The molecule has 2 amide bonds. The van der Waals surface area contributed by atoms with E-state index < -0.39 is 5.91 Å². The van der Waals surface area contributed by atoms with Crippen molar-refractivity contribution in [3.8, 4) is 23.0 Å². The molecule has 322 valence electrons. The van der Waals surface area contributed by atoms with Crippen LogP contribution in [0.25, 0.3) is 21.5 Å². The molecule has 0 fully saturated rings. The second kappa shape index (κ2) is 22.1. The molecule has 7 rings (SSSR count). The van der Waals surface area contributed by atoms with Crippen LogP contribution in [-0.4, -0.2) is 34.2 Å². The minimum atomic E-state index is -0.566. The molecule has 7 aromatic rings. The first-order chi connectivity index (χ1) is 30.0. The van der Waals surface area contributed by atoms with Gasteiger partial charge in [-0.25, -0.2) is 0 Å². The number of anilines is 2. The SMILES string of the molecule is CCOc1cc(N=Nc2c(C)cc3cc(S)cc(NC(=O)c4cccc(Cl)c4Cl)c3c2O)c(O)cc1N=Nc1c(S)cc2cc([S-])cc(NC=O)c2c1O.Cc1ccc(Cl)cc1Cl.[Na+]. The van der Waals surface area contributed by atoms with Crippen molar-refractivity contribution < 1.29 is 59.2 Å². The molecule has 64 heavy (non-hydrogen) atoms. The Kier molecular flexibility index (Phi) is 17.4.